The predicted octanol–water partition coefficient (Wildman–Crippen LogP) is 6.73. The molecular formula is C34H30N2O8. The molecule has 1 aliphatic rings. The number of hydrogen-bond acceptors (Lipinski definition) is 8. The first-order chi connectivity index (χ1) is 21.4. The number of aromatic nitrogens is 1. The Morgan fingerprint density at radius 1 is 0.864 bits per heavy atom. The Morgan fingerprint density at radius 2 is 1.66 bits per heavy atom. The van der Waals surface area contributed by atoms with Crippen LogP contribution in [0.15, 0.2) is 85.1 Å². The zero-order chi connectivity index (χ0) is 30.7. The number of alkyl carbamates (subject to hydrolysis) is 1. The van der Waals surface area contributed by atoms with Crippen LogP contribution in [0.1, 0.15) is 28.8 Å². The SMILES string of the molecule is COc1ccc(COC(=O)NC2(COc3cc4nccc(Oc5ccc6c(C(=O)O)cccc6c5)c4cc3OC)CC2)cc1. The topological polar surface area (TPSA) is 125 Å². The number of hydrogen-bond donors (Lipinski definition) is 2. The van der Waals surface area contributed by atoms with Crippen LogP contribution < -0.4 is 24.3 Å². The van der Waals surface area contributed by atoms with Gasteiger partial charge < -0.3 is 34.1 Å². The smallest absolute Gasteiger partial charge is 0.408 e. The van der Waals surface area contributed by atoms with Crippen LogP contribution in [-0.4, -0.2) is 48.5 Å². The van der Waals surface area contributed by atoms with Gasteiger partial charge in [0.2, 0.25) is 0 Å². The van der Waals surface area contributed by atoms with Gasteiger partial charge in [-0.25, -0.2) is 9.59 Å². The van der Waals surface area contributed by atoms with Crippen LogP contribution in [0.5, 0.6) is 28.7 Å². The molecule has 0 saturated heterocycles. The lowest BCUT2D eigenvalue weighted by molar-refractivity contribution is 0.0699. The van der Waals surface area contributed by atoms with Gasteiger partial charge in [0, 0.05) is 17.6 Å². The molecule has 1 fully saturated rings. The fraction of sp³-hybridized carbons (Fsp3) is 0.206. The standard InChI is InChI=1S/C34H30N2O8/c1-40-23-8-6-21(7-9-23)19-42-33(39)36-34(13-14-34)20-43-31-18-28-27(17-30(31)41-2)29(12-15-35-28)44-24-10-11-25-22(16-24)4-3-5-26(25)32(37)38/h3-12,15-18H,13-14,19-20H2,1-2H3,(H,36,39)(H,37,38). The molecule has 10 nitrogen and oxygen atoms in total. The average Bonchev–Trinajstić information content (AvgIpc) is 3.81. The van der Waals surface area contributed by atoms with E-state index >= 15 is 0 Å². The molecule has 44 heavy (non-hydrogen) atoms. The van der Waals surface area contributed by atoms with E-state index in [0.717, 1.165) is 29.5 Å². The fourth-order valence-electron chi connectivity index (χ4n) is 4.92. The molecule has 4 aromatic carbocycles. The number of rotatable bonds is 11. The monoisotopic (exact) mass is 594 g/mol. The van der Waals surface area contributed by atoms with Crippen LogP contribution in [0.4, 0.5) is 4.79 Å². The lowest BCUT2D eigenvalue weighted by Crippen LogP contribution is -2.41. The van der Waals surface area contributed by atoms with Gasteiger partial charge in [-0.15, -0.1) is 0 Å². The quantitative estimate of drug-likeness (QED) is 0.171. The van der Waals surface area contributed by atoms with Gasteiger partial charge in [-0.2, -0.15) is 0 Å². The molecule has 0 bridgehead atoms. The van der Waals surface area contributed by atoms with Crippen molar-refractivity contribution in [2.75, 3.05) is 20.8 Å². The Hall–Kier alpha value is -5.51. The number of carbonyl (C=O) groups excluding carboxylic acids is 1. The highest BCUT2D eigenvalue weighted by Gasteiger charge is 2.45. The van der Waals surface area contributed by atoms with E-state index in [1.165, 1.54) is 0 Å². The number of amides is 1. The van der Waals surface area contributed by atoms with E-state index in [0.29, 0.717) is 39.3 Å². The van der Waals surface area contributed by atoms with Crippen LogP contribution in [0.2, 0.25) is 0 Å². The molecule has 0 atom stereocenters. The maximum absolute atomic E-state index is 12.5. The van der Waals surface area contributed by atoms with Crippen LogP contribution >= 0.6 is 0 Å². The summed E-state index contributed by atoms with van der Waals surface area (Å²) in [6, 6.07) is 23.0. The van der Waals surface area contributed by atoms with Crippen LogP contribution in [0, 0.1) is 0 Å². The number of aromatic carboxylic acids is 1. The minimum Gasteiger partial charge on any atom is -0.497 e. The molecule has 1 amide bonds. The summed E-state index contributed by atoms with van der Waals surface area (Å²) >= 11 is 0. The molecule has 1 heterocycles. The second-order valence-corrected chi connectivity index (χ2v) is 10.5. The van der Waals surface area contributed by atoms with Gasteiger partial charge in [-0.05, 0) is 77.7 Å². The summed E-state index contributed by atoms with van der Waals surface area (Å²) < 4.78 is 28.6. The number of nitrogens with one attached hydrogen (secondary N) is 1. The Bertz CT molecular complexity index is 1850. The maximum atomic E-state index is 12.5. The summed E-state index contributed by atoms with van der Waals surface area (Å²) in [4.78, 5) is 28.6. The first-order valence-electron chi connectivity index (χ1n) is 14.0. The number of carbonyl (C=O) groups is 2. The van der Waals surface area contributed by atoms with E-state index in [-0.39, 0.29) is 18.8 Å². The highest BCUT2D eigenvalue weighted by atomic mass is 16.6. The lowest BCUT2D eigenvalue weighted by atomic mass is 10.0. The molecule has 1 saturated carbocycles. The molecule has 5 aromatic rings. The molecule has 6 rings (SSSR count). The number of nitrogens with zero attached hydrogens (tertiary/aromatic N) is 1. The molecule has 0 unspecified atom stereocenters. The minimum atomic E-state index is -0.984. The van der Waals surface area contributed by atoms with E-state index in [9.17, 15) is 14.7 Å². The summed E-state index contributed by atoms with van der Waals surface area (Å²) in [7, 11) is 3.15. The van der Waals surface area contributed by atoms with Crippen molar-refractivity contribution in [3.63, 3.8) is 0 Å². The first kappa shape index (κ1) is 28.6. The Kier molecular flexibility index (Phi) is 7.80. The zero-order valence-electron chi connectivity index (χ0n) is 24.2. The van der Waals surface area contributed by atoms with Crippen molar-refractivity contribution in [1.82, 2.24) is 10.3 Å². The normalized spacial score (nSPS) is 13.2. The summed E-state index contributed by atoms with van der Waals surface area (Å²) in [5.41, 5.74) is 1.19. The molecule has 2 N–H and O–H groups in total. The van der Waals surface area contributed by atoms with Gasteiger partial charge in [-0.1, -0.05) is 24.3 Å². The van der Waals surface area contributed by atoms with Gasteiger partial charge >= 0.3 is 12.1 Å². The minimum absolute atomic E-state index is 0.143. The van der Waals surface area contributed by atoms with Crippen molar-refractivity contribution in [2.45, 2.75) is 25.0 Å². The molecule has 224 valence electrons. The van der Waals surface area contributed by atoms with Crippen molar-refractivity contribution < 1.29 is 38.4 Å². The van der Waals surface area contributed by atoms with Gasteiger partial charge in [0.05, 0.1) is 30.8 Å². The average molecular weight is 595 g/mol. The third-order valence-electron chi connectivity index (χ3n) is 7.55. The van der Waals surface area contributed by atoms with Crippen molar-refractivity contribution in [1.29, 1.82) is 0 Å². The van der Waals surface area contributed by atoms with Crippen molar-refractivity contribution in [2.24, 2.45) is 0 Å². The van der Waals surface area contributed by atoms with E-state index in [1.807, 2.05) is 30.3 Å². The number of carboxylic acid groups (broad SMARTS) is 1. The lowest BCUT2D eigenvalue weighted by Gasteiger charge is -2.20. The van der Waals surface area contributed by atoms with E-state index < -0.39 is 17.6 Å². The van der Waals surface area contributed by atoms with Gasteiger partial charge in [0.15, 0.2) is 11.5 Å². The summed E-state index contributed by atoms with van der Waals surface area (Å²) in [6.07, 6.45) is 2.65. The second kappa shape index (κ2) is 12.0. The number of ether oxygens (including phenoxy) is 5. The van der Waals surface area contributed by atoms with Crippen LogP contribution in [0.3, 0.4) is 0 Å². The summed E-state index contributed by atoms with van der Waals surface area (Å²) in [5, 5.41) is 14.5. The number of fused-ring (bicyclic) bond motifs is 2. The van der Waals surface area contributed by atoms with Gasteiger partial charge in [-0.3, -0.25) is 4.98 Å². The first-order valence-corrected chi connectivity index (χ1v) is 14.0. The van der Waals surface area contributed by atoms with E-state index in [4.69, 9.17) is 23.7 Å². The Morgan fingerprint density at radius 3 is 2.39 bits per heavy atom. The number of pyridine rings is 1. The third-order valence-corrected chi connectivity index (χ3v) is 7.55. The van der Waals surface area contributed by atoms with E-state index in [1.54, 1.807) is 68.9 Å². The molecule has 0 spiro atoms. The number of methoxy groups -OCH3 is 2. The van der Waals surface area contributed by atoms with Crippen LogP contribution in [-0.2, 0) is 11.3 Å². The zero-order valence-corrected chi connectivity index (χ0v) is 24.2. The number of benzene rings is 4. The molecular weight excluding hydrogens is 564 g/mol. The predicted molar refractivity (Wildman–Crippen MR) is 163 cm³/mol. The molecule has 0 aliphatic heterocycles. The highest BCUT2D eigenvalue weighted by molar-refractivity contribution is 6.04. The van der Waals surface area contributed by atoms with Gasteiger partial charge in [0.1, 0.15) is 30.5 Å². The maximum Gasteiger partial charge on any atom is 0.408 e. The Balaban J connectivity index is 1.14. The summed E-state index contributed by atoms with van der Waals surface area (Å²) in [5.74, 6) is 1.82. The summed E-state index contributed by atoms with van der Waals surface area (Å²) in [6.45, 7) is 0.377. The third kappa shape index (κ3) is 6.14. The molecule has 0 radical (unpaired) electrons. The molecule has 1 aliphatic carbocycles. The number of carboxylic acids is 1. The Labute approximate surface area is 253 Å². The van der Waals surface area contributed by atoms with E-state index in [2.05, 4.69) is 10.3 Å². The highest BCUT2D eigenvalue weighted by Crippen LogP contribution is 2.40. The van der Waals surface area contributed by atoms with Gasteiger partial charge in [0.25, 0.3) is 0 Å². The van der Waals surface area contributed by atoms with Crippen molar-refractivity contribution >= 4 is 33.7 Å². The second-order valence-electron chi connectivity index (χ2n) is 10.5. The largest absolute Gasteiger partial charge is 0.497 e. The molecule has 1 aromatic heterocycles. The van der Waals surface area contributed by atoms with Crippen molar-refractivity contribution in [3.05, 3.63) is 96.2 Å². The van der Waals surface area contributed by atoms with Crippen molar-refractivity contribution in [3.8, 4) is 28.7 Å². The van der Waals surface area contributed by atoms with Crippen LogP contribution in [0.25, 0.3) is 21.7 Å². The fourth-order valence-corrected chi connectivity index (χ4v) is 4.92. The molecule has 10 heteroatoms.